The third kappa shape index (κ3) is 5.80. The maximum absolute atomic E-state index is 8.84. The molecule has 1 saturated heterocycles. The lowest BCUT2D eigenvalue weighted by Gasteiger charge is -2.10. The van der Waals surface area contributed by atoms with Gasteiger partial charge in [0.25, 0.3) is 0 Å². The highest BCUT2D eigenvalue weighted by Crippen LogP contribution is 2.14. The van der Waals surface area contributed by atoms with Crippen LogP contribution in [0.1, 0.15) is 39.0 Å². The summed E-state index contributed by atoms with van der Waals surface area (Å²) in [5.74, 6) is 0. The van der Waals surface area contributed by atoms with E-state index in [4.69, 9.17) is 19.3 Å². The fourth-order valence-corrected chi connectivity index (χ4v) is 1.67. The summed E-state index contributed by atoms with van der Waals surface area (Å²) in [5, 5.41) is 8.84. The quantitative estimate of drug-likeness (QED) is 0.615. The normalized spacial score (nSPS) is 25.1. The third-order valence-corrected chi connectivity index (χ3v) is 2.66. The Morgan fingerprint density at radius 3 is 2.81 bits per heavy atom. The second-order valence-electron chi connectivity index (χ2n) is 4.17. The van der Waals surface area contributed by atoms with Gasteiger partial charge in [0.2, 0.25) is 0 Å². The van der Waals surface area contributed by atoms with Crippen molar-refractivity contribution in [3.63, 3.8) is 0 Å². The molecule has 0 saturated carbocycles. The van der Waals surface area contributed by atoms with Crippen molar-refractivity contribution in [1.82, 2.24) is 0 Å². The Kier molecular flexibility index (Phi) is 7.76. The van der Waals surface area contributed by atoms with E-state index in [0.717, 1.165) is 19.4 Å². The molecular weight excluding hydrogens is 208 g/mol. The van der Waals surface area contributed by atoms with Gasteiger partial charge >= 0.3 is 0 Å². The van der Waals surface area contributed by atoms with Crippen LogP contribution in [-0.2, 0) is 14.2 Å². The zero-order valence-corrected chi connectivity index (χ0v) is 10.2. The number of ether oxygens (including phenoxy) is 3. The van der Waals surface area contributed by atoms with Crippen LogP contribution in [0.5, 0.6) is 0 Å². The number of aliphatic hydroxyl groups excluding tert-OH is 1. The molecule has 1 fully saturated rings. The summed E-state index contributed by atoms with van der Waals surface area (Å²) in [6.45, 7) is 4.24. The molecule has 0 radical (unpaired) electrons. The van der Waals surface area contributed by atoms with Gasteiger partial charge in [-0.15, -0.1) is 0 Å². The lowest BCUT2D eigenvalue weighted by molar-refractivity contribution is -0.0810. The molecule has 4 nitrogen and oxygen atoms in total. The molecule has 1 heterocycles. The standard InChI is InChI=1S/C12H24O4/c1-2-3-4-5-7-14-8-6-12-15-10-11(9-13)16-12/h11-13H,2-10H2,1H3/t11-,12+/m1/s1. The van der Waals surface area contributed by atoms with Gasteiger partial charge in [-0.2, -0.15) is 0 Å². The highest BCUT2D eigenvalue weighted by molar-refractivity contribution is 4.63. The Bertz CT molecular complexity index is 163. The number of unbranched alkanes of at least 4 members (excludes halogenated alkanes) is 3. The van der Waals surface area contributed by atoms with Gasteiger partial charge in [-0.1, -0.05) is 26.2 Å². The van der Waals surface area contributed by atoms with Crippen LogP contribution in [0.3, 0.4) is 0 Å². The number of aliphatic hydroxyl groups is 1. The van der Waals surface area contributed by atoms with Gasteiger partial charge in [0.05, 0.1) is 19.8 Å². The predicted octanol–water partition coefficient (Wildman–Crippen LogP) is 1.71. The van der Waals surface area contributed by atoms with Crippen molar-refractivity contribution in [1.29, 1.82) is 0 Å². The molecule has 96 valence electrons. The Hall–Kier alpha value is -0.160. The minimum absolute atomic E-state index is 0.0361. The van der Waals surface area contributed by atoms with E-state index in [2.05, 4.69) is 6.92 Å². The van der Waals surface area contributed by atoms with Gasteiger partial charge in [-0.25, -0.2) is 0 Å². The van der Waals surface area contributed by atoms with Crippen molar-refractivity contribution in [2.24, 2.45) is 0 Å². The van der Waals surface area contributed by atoms with Crippen LogP contribution in [-0.4, -0.2) is 43.9 Å². The van der Waals surface area contributed by atoms with Crippen LogP contribution < -0.4 is 0 Å². The van der Waals surface area contributed by atoms with E-state index < -0.39 is 0 Å². The highest BCUT2D eigenvalue weighted by atomic mass is 16.7. The van der Waals surface area contributed by atoms with Crippen LogP contribution >= 0.6 is 0 Å². The predicted molar refractivity (Wildman–Crippen MR) is 61.3 cm³/mol. The smallest absolute Gasteiger partial charge is 0.160 e. The van der Waals surface area contributed by atoms with Crippen molar-refractivity contribution in [3.05, 3.63) is 0 Å². The molecule has 0 amide bonds. The van der Waals surface area contributed by atoms with Crippen molar-refractivity contribution < 1.29 is 19.3 Å². The third-order valence-electron chi connectivity index (χ3n) is 2.66. The van der Waals surface area contributed by atoms with E-state index in [9.17, 15) is 0 Å². The minimum atomic E-state index is -0.187. The van der Waals surface area contributed by atoms with E-state index in [0.29, 0.717) is 13.2 Å². The number of rotatable bonds is 9. The SMILES string of the molecule is CCCCCCOCC[C@H]1OC[C@@H](CO)O1. The molecule has 1 aliphatic rings. The molecule has 0 bridgehead atoms. The molecule has 0 spiro atoms. The summed E-state index contributed by atoms with van der Waals surface area (Å²) in [6.07, 6.45) is 5.36. The average Bonchev–Trinajstić information content (AvgIpc) is 2.76. The first kappa shape index (κ1) is 13.9. The Labute approximate surface area is 97.9 Å². The molecule has 0 aromatic heterocycles. The Morgan fingerprint density at radius 1 is 1.25 bits per heavy atom. The lowest BCUT2D eigenvalue weighted by atomic mass is 10.2. The first-order valence-corrected chi connectivity index (χ1v) is 6.32. The second kappa shape index (κ2) is 8.93. The van der Waals surface area contributed by atoms with Gasteiger partial charge in [0.1, 0.15) is 6.10 Å². The maximum atomic E-state index is 8.84. The van der Waals surface area contributed by atoms with E-state index in [-0.39, 0.29) is 19.0 Å². The largest absolute Gasteiger partial charge is 0.394 e. The summed E-state index contributed by atoms with van der Waals surface area (Å²) in [5.41, 5.74) is 0. The van der Waals surface area contributed by atoms with Crippen molar-refractivity contribution in [3.8, 4) is 0 Å². The summed E-state index contributed by atoms with van der Waals surface area (Å²) < 4.78 is 16.2. The van der Waals surface area contributed by atoms with Crippen LogP contribution in [0.15, 0.2) is 0 Å². The Balaban J connectivity index is 1.84. The fraction of sp³-hybridized carbons (Fsp3) is 1.00. The van der Waals surface area contributed by atoms with E-state index in [1.54, 1.807) is 0 Å². The van der Waals surface area contributed by atoms with Gasteiger partial charge < -0.3 is 19.3 Å². The zero-order valence-electron chi connectivity index (χ0n) is 10.2. The lowest BCUT2D eigenvalue weighted by Crippen LogP contribution is -2.17. The van der Waals surface area contributed by atoms with E-state index in [1.165, 1.54) is 19.3 Å². The van der Waals surface area contributed by atoms with Gasteiger partial charge in [0.15, 0.2) is 6.29 Å². The van der Waals surface area contributed by atoms with Crippen molar-refractivity contribution in [2.75, 3.05) is 26.4 Å². The molecule has 4 heteroatoms. The second-order valence-corrected chi connectivity index (χ2v) is 4.17. The van der Waals surface area contributed by atoms with Gasteiger partial charge in [0, 0.05) is 13.0 Å². The summed E-state index contributed by atoms with van der Waals surface area (Å²) in [6, 6.07) is 0. The van der Waals surface area contributed by atoms with Gasteiger partial charge in [-0.3, -0.25) is 0 Å². The molecule has 1 rings (SSSR count). The molecule has 16 heavy (non-hydrogen) atoms. The number of hydrogen-bond donors (Lipinski definition) is 1. The first-order valence-electron chi connectivity index (χ1n) is 6.32. The van der Waals surface area contributed by atoms with Crippen molar-refractivity contribution in [2.45, 2.75) is 51.4 Å². The topological polar surface area (TPSA) is 47.9 Å². The monoisotopic (exact) mass is 232 g/mol. The highest BCUT2D eigenvalue weighted by Gasteiger charge is 2.24. The molecule has 0 aromatic carbocycles. The summed E-state index contributed by atoms with van der Waals surface area (Å²) >= 11 is 0. The van der Waals surface area contributed by atoms with Crippen LogP contribution in [0.2, 0.25) is 0 Å². The van der Waals surface area contributed by atoms with E-state index in [1.807, 2.05) is 0 Å². The summed E-state index contributed by atoms with van der Waals surface area (Å²) in [7, 11) is 0. The average molecular weight is 232 g/mol. The first-order chi connectivity index (χ1) is 7.86. The molecule has 0 aliphatic carbocycles. The molecule has 1 aliphatic heterocycles. The zero-order chi connectivity index (χ0) is 11.6. The molecular formula is C12H24O4. The Morgan fingerprint density at radius 2 is 2.12 bits per heavy atom. The number of hydrogen-bond acceptors (Lipinski definition) is 4. The van der Waals surface area contributed by atoms with Crippen LogP contribution in [0.4, 0.5) is 0 Å². The van der Waals surface area contributed by atoms with Gasteiger partial charge in [-0.05, 0) is 6.42 Å². The molecule has 2 atom stereocenters. The van der Waals surface area contributed by atoms with Crippen molar-refractivity contribution >= 4 is 0 Å². The van der Waals surface area contributed by atoms with E-state index >= 15 is 0 Å². The maximum Gasteiger partial charge on any atom is 0.160 e. The van der Waals surface area contributed by atoms with Crippen LogP contribution in [0, 0.1) is 0 Å². The molecule has 1 N–H and O–H groups in total. The fourth-order valence-electron chi connectivity index (χ4n) is 1.67. The molecule has 0 aromatic rings. The summed E-state index contributed by atoms with van der Waals surface area (Å²) in [4.78, 5) is 0. The van der Waals surface area contributed by atoms with Crippen LogP contribution in [0.25, 0.3) is 0 Å². The minimum Gasteiger partial charge on any atom is -0.394 e. The molecule has 0 unspecified atom stereocenters.